The zero-order valence-corrected chi connectivity index (χ0v) is 6.38. The van der Waals surface area contributed by atoms with Crippen LogP contribution >= 0.6 is 0 Å². The molecule has 6 heteroatoms. The normalized spacial score (nSPS) is 22.1. The molecule has 0 aromatic rings. The largest absolute Gasteiger partial charge is 0.412 e. The van der Waals surface area contributed by atoms with Crippen molar-refractivity contribution in [2.45, 2.75) is 5.37 Å². The molecule has 0 bridgehead atoms. The van der Waals surface area contributed by atoms with E-state index in [9.17, 15) is 8.42 Å². The summed E-state index contributed by atoms with van der Waals surface area (Å²) in [5, 5.41) is 1.47. The van der Waals surface area contributed by atoms with Gasteiger partial charge in [-0.2, -0.15) is 8.42 Å². The van der Waals surface area contributed by atoms with Gasteiger partial charge in [0.05, 0.1) is 0 Å². The van der Waals surface area contributed by atoms with Gasteiger partial charge in [0.2, 0.25) is 0 Å². The molecule has 11 heavy (non-hydrogen) atoms. The maximum Gasteiger partial charge on any atom is 0.289 e. The Kier molecular flexibility index (Phi) is 3.24. The van der Waals surface area contributed by atoms with Crippen molar-refractivity contribution in [3.05, 3.63) is 24.4 Å². The fourth-order valence-corrected chi connectivity index (χ4v) is 1.15. The molecule has 0 fully saturated rings. The van der Waals surface area contributed by atoms with Gasteiger partial charge in [-0.05, 0) is 18.4 Å². The van der Waals surface area contributed by atoms with Crippen LogP contribution < -0.4 is 5.32 Å². The van der Waals surface area contributed by atoms with Gasteiger partial charge in [-0.1, -0.05) is 6.08 Å². The van der Waals surface area contributed by atoms with Gasteiger partial charge in [-0.15, -0.1) is 0 Å². The van der Waals surface area contributed by atoms with E-state index in [-0.39, 0.29) is 5.48 Å². The first kappa shape index (κ1) is 10.2. The second-order valence-corrected chi connectivity index (χ2v) is 3.38. The maximum absolute atomic E-state index is 10.4. The third-order valence-electron chi connectivity index (χ3n) is 1.07. The Labute approximate surface area is 64.5 Å². The summed E-state index contributed by atoms with van der Waals surface area (Å²) < 4.78 is 29.3. The topological polar surface area (TPSA) is 97.9 Å². The Morgan fingerprint density at radius 2 is 2.00 bits per heavy atom. The molecule has 0 saturated heterocycles. The molecule has 0 saturated carbocycles. The lowest BCUT2D eigenvalue weighted by atomic mass is 10.4. The van der Waals surface area contributed by atoms with E-state index in [1.807, 2.05) is 0 Å². The average molecular weight is 179 g/mol. The number of rotatable bonds is 1. The van der Waals surface area contributed by atoms with Crippen molar-refractivity contribution in [2.24, 2.45) is 0 Å². The van der Waals surface area contributed by atoms with Crippen LogP contribution in [0.25, 0.3) is 0 Å². The highest BCUT2D eigenvalue weighted by atomic mass is 32.2. The van der Waals surface area contributed by atoms with Crippen LogP contribution in [-0.2, 0) is 10.1 Å². The Morgan fingerprint density at radius 3 is 2.27 bits per heavy atom. The highest BCUT2D eigenvalue weighted by Crippen LogP contribution is 2.00. The van der Waals surface area contributed by atoms with E-state index in [1.165, 1.54) is 12.3 Å². The Hall–Kier alpha value is -0.850. The molecule has 1 heterocycles. The molecule has 1 atom stereocenters. The average Bonchev–Trinajstić information content (AvgIpc) is 1.88. The van der Waals surface area contributed by atoms with E-state index in [0.29, 0.717) is 0 Å². The van der Waals surface area contributed by atoms with Crippen LogP contribution in [0.3, 0.4) is 0 Å². The highest BCUT2D eigenvalue weighted by Gasteiger charge is 2.18. The molecule has 1 aliphatic rings. The second-order valence-electron chi connectivity index (χ2n) is 1.85. The summed E-state index contributed by atoms with van der Waals surface area (Å²) in [6, 6.07) is 0. The van der Waals surface area contributed by atoms with Gasteiger partial charge < -0.3 is 10.8 Å². The molecule has 0 aliphatic carbocycles. The molecule has 0 aromatic heterocycles. The first-order valence-corrected chi connectivity index (χ1v) is 4.17. The van der Waals surface area contributed by atoms with Crippen LogP contribution in [0.1, 0.15) is 0 Å². The third-order valence-corrected chi connectivity index (χ3v) is 2.01. The zero-order valence-electron chi connectivity index (χ0n) is 5.56. The fraction of sp³-hybridized carbons (Fsp3) is 0.200. The first-order chi connectivity index (χ1) is 4.61. The van der Waals surface area contributed by atoms with Crippen molar-refractivity contribution in [1.82, 2.24) is 5.32 Å². The molecule has 1 aliphatic heterocycles. The predicted octanol–water partition coefficient (Wildman–Crippen LogP) is -0.951. The fourth-order valence-electron chi connectivity index (χ4n) is 0.612. The lowest BCUT2D eigenvalue weighted by molar-refractivity contribution is 0.470. The van der Waals surface area contributed by atoms with Gasteiger partial charge >= 0.3 is 0 Å². The lowest BCUT2D eigenvalue weighted by Crippen LogP contribution is -2.31. The minimum Gasteiger partial charge on any atom is -0.412 e. The Bertz CT molecular complexity index is 266. The predicted molar refractivity (Wildman–Crippen MR) is 40.4 cm³/mol. The highest BCUT2D eigenvalue weighted by molar-refractivity contribution is 7.86. The van der Waals surface area contributed by atoms with Crippen molar-refractivity contribution in [1.29, 1.82) is 0 Å². The Morgan fingerprint density at radius 1 is 1.36 bits per heavy atom. The number of allylic oxidation sites excluding steroid dienone is 2. The van der Waals surface area contributed by atoms with Gasteiger partial charge in [0.1, 0.15) is 0 Å². The summed E-state index contributed by atoms with van der Waals surface area (Å²) in [6.45, 7) is 0. The standard InChI is InChI=1S/C5H7NO3S.H2O/c7-10(8,9)5-3-1-2-4-6-5;/h1-6H,(H,7,8,9);1H2. The number of dihydropyridines is 1. The van der Waals surface area contributed by atoms with Gasteiger partial charge in [0.15, 0.2) is 5.37 Å². The van der Waals surface area contributed by atoms with E-state index in [4.69, 9.17) is 4.55 Å². The molecule has 0 radical (unpaired) electrons. The molecule has 0 spiro atoms. The third kappa shape index (κ3) is 2.71. The van der Waals surface area contributed by atoms with Crippen molar-refractivity contribution >= 4 is 10.1 Å². The smallest absolute Gasteiger partial charge is 0.289 e. The van der Waals surface area contributed by atoms with Crippen molar-refractivity contribution in [2.75, 3.05) is 0 Å². The summed E-state index contributed by atoms with van der Waals surface area (Å²) >= 11 is 0. The molecule has 1 rings (SSSR count). The molecule has 0 aromatic carbocycles. The monoisotopic (exact) mass is 179 g/mol. The van der Waals surface area contributed by atoms with Gasteiger partial charge in [-0.3, -0.25) is 4.55 Å². The summed E-state index contributed by atoms with van der Waals surface area (Å²) in [6.07, 6.45) is 6.00. The van der Waals surface area contributed by atoms with E-state index >= 15 is 0 Å². The first-order valence-electron chi connectivity index (χ1n) is 2.66. The van der Waals surface area contributed by atoms with E-state index < -0.39 is 15.5 Å². The summed E-state index contributed by atoms with van der Waals surface area (Å²) in [4.78, 5) is 0. The van der Waals surface area contributed by atoms with Crippen LogP contribution in [0.5, 0.6) is 0 Å². The molecular formula is C5H9NO4S. The minimum absolute atomic E-state index is 0. The molecule has 4 N–H and O–H groups in total. The number of hydrogen-bond donors (Lipinski definition) is 2. The molecule has 1 unspecified atom stereocenters. The molecule has 64 valence electrons. The van der Waals surface area contributed by atoms with E-state index in [1.54, 1.807) is 12.2 Å². The quantitative estimate of drug-likeness (QED) is 0.507. The zero-order chi connectivity index (χ0) is 7.61. The van der Waals surface area contributed by atoms with E-state index in [2.05, 4.69) is 5.32 Å². The van der Waals surface area contributed by atoms with Crippen LogP contribution in [0.2, 0.25) is 0 Å². The summed E-state index contributed by atoms with van der Waals surface area (Å²) in [5.41, 5.74) is 0. The van der Waals surface area contributed by atoms with E-state index in [0.717, 1.165) is 0 Å². The SMILES string of the molecule is O.O=S(=O)(O)C1C=CC=CN1. The van der Waals surface area contributed by atoms with Crippen molar-refractivity contribution in [3.63, 3.8) is 0 Å². The second kappa shape index (κ2) is 3.51. The Balaban J connectivity index is 0.000001000. The summed E-state index contributed by atoms with van der Waals surface area (Å²) in [5.74, 6) is 0. The number of nitrogens with one attached hydrogen (secondary N) is 1. The van der Waals surface area contributed by atoms with Crippen molar-refractivity contribution in [3.8, 4) is 0 Å². The minimum atomic E-state index is -3.98. The van der Waals surface area contributed by atoms with Crippen LogP contribution in [0.15, 0.2) is 24.4 Å². The van der Waals surface area contributed by atoms with Crippen molar-refractivity contribution < 1.29 is 18.4 Å². The van der Waals surface area contributed by atoms with Crippen LogP contribution in [0.4, 0.5) is 0 Å². The molecule has 5 nitrogen and oxygen atoms in total. The van der Waals surface area contributed by atoms with Gasteiger partial charge in [0.25, 0.3) is 10.1 Å². The molecular weight excluding hydrogens is 170 g/mol. The van der Waals surface area contributed by atoms with Gasteiger partial charge in [0, 0.05) is 0 Å². The molecule has 0 amide bonds. The van der Waals surface area contributed by atoms with Crippen LogP contribution in [-0.4, -0.2) is 23.8 Å². The maximum atomic E-state index is 10.4. The summed E-state index contributed by atoms with van der Waals surface area (Å²) in [7, 11) is -3.98. The number of hydrogen-bond acceptors (Lipinski definition) is 3. The lowest BCUT2D eigenvalue weighted by Gasteiger charge is -2.10. The van der Waals surface area contributed by atoms with Crippen LogP contribution in [0, 0.1) is 0 Å². The van der Waals surface area contributed by atoms with Gasteiger partial charge in [-0.25, -0.2) is 0 Å².